The molecule has 0 aromatic heterocycles. The van der Waals surface area contributed by atoms with Gasteiger partial charge in [0.25, 0.3) is 5.91 Å². The number of halogens is 1. The van der Waals surface area contributed by atoms with Crippen molar-refractivity contribution in [3.63, 3.8) is 0 Å². The van der Waals surface area contributed by atoms with E-state index in [4.69, 9.17) is 16.3 Å². The van der Waals surface area contributed by atoms with Crippen LogP contribution in [0.15, 0.2) is 18.2 Å². The zero-order valence-electron chi connectivity index (χ0n) is 16.8. The van der Waals surface area contributed by atoms with Crippen molar-refractivity contribution < 1.29 is 14.3 Å². The lowest BCUT2D eigenvalue weighted by molar-refractivity contribution is -0.135. The number of methoxy groups -OCH3 is 1. The predicted octanol–water partition coefficient (Wildman–Crippen LogP) is 2.76. The lowest BCUT2D eigenvalue weighted by atomic mass is 9.95. The van der Waals surface area contributed by atoms with E-state index in [-0.39, 0.29) is 17.7 Å². The number of benzene rings is 1. The van der Waals surface area contributed by atoms with Crippen LogP contribution in [0, 0.1) is 5.92 Å². The molecule has 0 radical (unpaired) electrons. The fourth-order valence-electron chi connectivity index (χ4n) is 4.07. The van der Waals surface area contributed by atoms with Crippen LogP contribution in [0.3, 0.4) is 0 Å². The van der Waals surface area contributed by atoms with Crippen molar-refractivity contribution in [2.45, 2.75) is 25.7 Å². The minimum atomic E-state index is -0.0902. The first kappa shape index (κ1) is 20.9. The molecule has 0 unspecified atom stereocenters. The number of likely N-dealkylation sites (tertiary alicyclic amines) is 2. The molecular weight excluding hydrogens is 378 g/mol. The molecule has 6 nitrogen and oxygen atoms in total. The molecule has 2 aliphatic rings. The maximum Gasteiger partial charge on any atom is 0.257 e. The van der Waals surface area contributed by atoms with E-state index in [1.807, 2.05) is 11.9 Å². The lowest BCUT2D eigenvalue weighted by Gasteiger charge is -2.33. The van der Waals surface area contributed by atoms with Gasteiger partial charge in [0.05, 0.1) is 12.7 Å². The smallest absolute Gasteiger partial charge is 0.257 e. The summed E-state index contributed by atoms with van der Waals surface area (Å²) >= 11 is 6.05. The van der Waals surface area contributed by atoms with Gasteiger partial charge in [0.2, 0.25) is 5.91 Å². The van der Waals surface area contributed by atoms with Gasteiger partial charge in [-0.3, -0.25) is 9.59 Å². The molecule has 2 fully saturated rings. The number of hydrogen-bond acceptors (Lipinski definition) is 4. The summed E-state index contributed by atoms with van der Waals surface area (Å²) in [5.74, 6) is 0.627. The van der Waals surface area contributed by atoms with Gasteiger partial charge < -0.3 is 19.4 Å². The van der Waals surface area contributed by atoms with Gasteiger partial charge in [-0.15, -0.1) is 0 Å². The molecule has 0 bridgehead atoms. The molecule has 0 N–H and O–H groups in total. The van der Waals surface area contributed by atoms with Gasteiger partial charge in [-0.25, -0.2) is 0 Å². The number of likely N-dealkylation sites (N-methyl/N-ethyl adjacent to an activating group) is 1. The van der Waals surface area contributed by atoms with Gasteiger partial charge in [0.15, 0.2) is 0 Å². The predicted molar refractivity (Wildman–Crippen MR) is 110 cm³/mol. The van der Waals surface area contributed by atoms with Crippen LogP contribution in [0.25, 0.3) is 0 Å². The molecule has 0 spiro atoms. The normalized spacial score (nSPS) is 18.3. The van der Waals surface area contributed by atoms with Crippen molar-refractivity contribution in [3.05, 3.63) is 28.8 Å². The Bertz CT molecular complexity index is 698. The van der Waals surface area contributed by atoms with Gasteiger partial charge in [-0.05, 0) is 57.0 Å². The van der Waals surface area contributed by atoms with Crippen LogP contribution in [-0.4, -0.2) is 79.9 Å². The van der Waals surface area contributed by atoms with Crippen molar-refractivity contribution in [2.24, 2.45) is 5.92 Å². The number of hydrogen-bond donors (Lipinski definition) is 0. The summed E-state index contributed by atoms with van der Waals surface area (Å²) in [6.45, 7) is 5.17. The molecule has 0 atom stereocenters. The first-order chi connectivity index (χ1) is 13.5. The van der Waals surface area contributed by atoms with Gasteiger partial charge in [0.1, 0.15) is 5.75 Å². The zero-order chi connectivity index (χ0) is 20.1. The van der Waals surface area contributed by atoms with E-state index < -0.39 is 0 Å². The standard InChI is InChI=1S/C21H30ClN3O3/c1-23(13-14-24-9-3-4-10-24)20(26)16-7-11-25(12-8-16)21(27)18-15-17(22)5-6-19(18)28-2/h5-6,15-16H,3-4,7-14H2,1-2H3. The van der Waals surface area contributed by atoms with E-state index in [0.29, 0.717) is 42.3 Å². The molecule has 7 heteroatoms. The average molecular weight is 408 g/mol. The topological polar surface area (TPSA) is 53.1 Å². The molecule has 154 valence electrons. The van der Waals surface area contributed by atoms with E-state index in [2.05, 4.69) is 4.90 Å². The van der Waals surface area contributed by atoms with Crippen molar-refractivity contribution in [1.29, 1.82) is 0 Å². The van der Waals surface area contributed by atoms with E-state index in [9.17, 15) is 9.59 Å². The first-order valence-corrected chi connectivity index (χ1v) is 10.5. The Labute approximate surface area is 172 Å². The number of rotatable bonds is 6. The molecule has 2 saturated heterocycles. The summed E-state index contributed by atoms with van der Waals surface area (Å²) < 4.78 is 5.30. The molecule has 0 aliphatic carbocycles. The minimum absolute atomic E-state index is 0.00566. The van der Waals surface area contributed by atoms with E-state index >= 15 is 0 Å². The van der Waals surface area contributed by atoms with Crippen LogP contribution >= 0.6 is 11.6 Å². The van der Waals surface area contributed by atoms with Crippen LogP contribution in [0.4, 0.5) is 0 Å². The maximum atomic E-state index is 12.9. The van der Waals surface area contributed by atoms with E-state index in [1.165, 1.54) is 12.8 Å². The molecular formula is C21H30ClN3O3. The number of ether oxygens (including phenoxy) is 1. The SMILES string of the molecule is COc1ccc(Cl)cc1C(=O)N1CCC(C(=O)N(C)CCN2CCCC2)CC1. The maximum absolute atomic E-state index is 12.9. The number of carbonyl (C=O) groups is 2. The minimum Gasteiger partial charge on any atom is -0.496 e. The number of amides is 2. The Balaban J connectivity index is 1.51. The summed E-state index contributed by atoms with van der Waals surface area (Å²) in [5, 5.41) is 0.508. The highest BCUT2D eigenvalue weighted by Crippen LogP contribution is 2.27. The van der Waals surface area contributed by atoms with Crippen molar-refractivity contribution in [1.82, 2.24) is 14.7 Å². The molecule has 2 aliphatic heterocycles. The molecule has 2 amide bonds. The third kappa shape index (κ3) is 4.97. The van der Waals surface area contributed by atoms with Crippen molar-refractivity contribution in [2.75, 3.05) is 53.4 Å². The number of nitrogens with zero attached hydrogens (tertiary/aromatic N) is 3. The third-order valence-corrected chi connectivity index (χ3v) is 6.08. The van der Waals surface area contributed by atoms with Crippen LogP contribution in [-0.2, 0) is 4.79 Å². The fraction of sp³-hybridized carbons (Fsp3) is 0.619. The van der Waals surface area contributed by atoms with Crippen molar-refractivity contribution >= 4 is 23.4 Å². The first-order valence-electron chi connectivity index (χ1n) is 10.1. The largest absolute Gasteiger partial charge is 0.496 e. The highest BCUT2D eigenvalue weighted by Gasteiger charge is 2.30. The Morgan fingerprint density at radius 3 is 2.50 bits per heavy atom. The quantitative estimate of drug-likeness (QED) is 0.727. The summed E-state index contributed by atoms with van der Waals surface area (Å²) in [5.41, 5.74) is 0.475. The number of carbonyl (C=O) groups excluding carboxylic acids is 2. The van der Waals surface area contributed by atoms with Gasteiger partial charge >= 0.3 is 0 Å². The Morgan fingerprint density at radius 1 is 1.18 bits per heavy atom. The van der Waals surface area contributed by atoms with E-state index in [1.54, 1.807) is 30.2 Å². The molecule has 2 heterocycles. The Morgan fingerprint density at radius 2 is 1.86 bits per heavy atom. The summed E-state index contributed by atoms with van der Waals surface area (Å²) in [4.78, 5) is 31.7. The van der Waals surface area contributed by atoms with E-state index in [0.717, 1.165) is 26.2 Å². The lowest BCUT2D eigenvalue weighted by Crippen LogP contribution is -2.44. The zero-order valence-corrected chi connectivity index (χ0v) is 17.6. The molecule has 28 heavy (non-hydrogen) atoms. The Hall–Kier alpha value is -1.79. The molecule has 3 rings (SSSR count). The van der Waals surface area contributed by atoms with Crippen molar-refractivity contribution in [3.8, 4) is 5.75 Å². The Kier molecular flexibility index (Phi) is 7.18. The molecule has 1 aromatic rings. The van der Waals surface area contributed by atoms with Crippen LogP contribution < -0.4 is 4.74 Å². The highest BCUT2D eigenvalue weighted by atomic mass is 35.5. The second kappa shape index (κ2) is 9.61. The second-order valence-electron chi connectivity index (χ2n) is 7.72. The van der Waals surface area contributed by atoms with Crippen LogP contribution in [0.2, 0.25) is 5.02 Å². The van der Waals surface area contributed by atoms with Gasteiger partial charge in [-0.1, -0.05) is 11.6 Å². The summed E-state index contributed by atoms with van der Waals surface area (Å²) in [6, 6.07) is 5.06. The summed E-state index contributed by atoms with van der Waals surface area (Å²) in [7, 11) is 3.44. The van der Waals surface area contributed by atoms with Crippen LogP contribution in [0.1, 0.15) is 36.0 Å². The monoisotopic (exact) mass is 407 g/mol. The second-order valence-corrected chi connectivity index (χ2v) is 8.16. The number of piperidine rings is 1. The van der Waals surface area contributed by atoms with Gasteiger partial charge in [-0.2, -0.15) is 0 Å². The highest BCUT2D eigenvalue weighted by molar-refractivity contribution is 6.31. The molecule has 1 aromatic carbocycles. The molecule has 0 saturated carbocycles. The van der Waals surface area contributed by atoms with Gasteiger partial charge in [0, 0.05) is 44.2 Å². The third-order valence-electron chi connectivity index (χ3n) is 5.85. The van der Waals surface area contributed by atoms with Crippen LogP contribution in [0.5, 0.6) is 5.75 Å². The fourth-order valence-corrected chi connectivity index (χ4v) is 4.24. The average Bonchev–Trinajstić information content (AvgIpc) is 3.24. The summed E-state index contributed by atoms with van der Waals surface area (Å²) in [6.07, 6.45) is 3.92.